The molecule has 2 atom stereocenters. The van der Waals surface area contributed by atoms with E-state index >= 15 is 0 Å². The highest BCUT2D eigenvalue weighted by Gasteiger charge is 2.55. The summed E-state index contributed by atoms with van der Waals surface area (Å²) in [4.78, 5) is 36.4. The van der Waals surface area contributed by atoms with Crippen LogP contribution in [-0.4, -0.2) is 29.8 Å². The van der Waals surface area contributed by atoms with Crippen molar-refractivity contribution in [3.8, 4) is 0 Å². The third-order valence-corrected chi connectivity index (χ3v) is 5.49. The molecule has 6 nitrogen and oxygen atoms in total. The van der Waals surface area contributed by atoms with Crippen molar-refractivity contribution in [2.24, 2.45) is 0 Å². The Bertz CT molecular complexity index is 958. The molecule has 0 saturated carbocycles. The fraction of sp³-hybridized carbons (Fsp3) is 0.440. The van der Waals surface area contributed by atoms with Gasteiger partial charge in [-0.25, -0.2) is 9.59 Å². The first-order chi connectivity index (χ1) is 14.6. The highest BCUT2D eigenvalue weighted by molar-refractivity contribution is 5.90. The number of hydrogen-bond acceptors (Lipinski definition) is 5. The fourth-order valence-corrected chi connectivity index (χ4v) is 4.31. The van der Waals surface area contributed by atoms with Gasteiger partial charge < -0.3 is 10.1 Å². The highest BCUT2D eigenvalue weighted by atomic mass is 17.2. The maximum Gasteiger partial charge on any atom is 0.439 e. The molecule has 0 aromatic heterocycles. The molecule has 1 aliphatic carbocycles. The van der Waals surface area contributed by atoms with Gasteiger partial charge in [-0.15, -0.1) is 0 Å². The van der Waals surface area contributed by atoms with Crippen LogP contribution in [0.3, 0.4) is 0 Å². The van der Waals surface area contributed by atoms with Gasteiger partial charge in [0.1, 0.15) is 5.60 Å². The molecule has 2 aromatic rings. The molecule has 0 spiro atoms. The van der Waals surface area contributed by atoms with Gasteiger partial charge in [0.2, 0.25) is 0 Å². The molecule has 31 heavy (non-hydrogen) atoms. The second-order valence-corrected chi connectivity index (χ2v) is 9.00. The first kappa shape index (κ1) is 22.8. The third kappa shape index (κ3) is 4.59. The molecule has 1 N–H and O–H groups in total. The van der Waals surface area contributed by atoms with E-state index in [-0.39, 0.29) is 6.61 Å². The summed E-state index contributed by atoms with van der Waals surface area (Å²) in [6, 6.07) is 13.9. The number of esters is 1. The summed E-state index contributed by atoms with van der Waals surface area (Å²) in [5.74, 6) is -0.919. The lowest BCUT2D eigenvalue weighted by Gasteiger charge is -2.35. The summed E-state index contributed by atoms with van der Waals surface area (Å²) >= 11 is 0. The summed E-state index contributed by atoms with van der Waals surface area (Å²) in [5, 5.41) is 2.84. The molecule has 0 radical (unpaired) electrons. The Hall–Kier alpha value is -2.86. The molecule has 2 unspecified atom stereocenters. The molecule has 3 rings (SSSR count). The average molecular weight is 426 g/mol. The van der Waals surface area contributed by atoms with Crippen LogP contribution < -0.4 is 5.32 Å². The lowest BCUT2D eigenvalue weighted by molar-refractivity contribution is -0.301. The zero-order valence-electron chi connectivity index (χ0n) is 19.1. The number of hydrogen-bond donors (Lipinski definition) is 1. The van der Waals surface area contributed by atoms with Crippen LogP contribution >= 0.6 is 0 Å². The Kier molecular flexibility index (Phi) is 6.41. The first-order valence-corrected chi connectivity index (χ1v) is 10.6. The van der Waals surface area contributed by atoms with Crippen LogP contribution in [0.15, 0.2) is 42.5 Å². The lowest BCUT2D eigenvalue weighted by Crippen LogP contribution is -2.59. The van der Waals surface area contributed by atoms with Gasteiger partial charge >= 0.3 is 12.1 Å². The Morgan fingerprint density at radius 3 is 2.32 bits per heavy atom. The summed E-state index contributed by atoms with van der Waals surface area (Å²) in [7, 11) is 0. The maximum atomic E-state index is 13.4. The van der Waals surface area contributed by atoms with E-state index in [1.807, 2.05) is 56.3 Å². The lowest BCUT2D eigenvalue weighted by atomic mass is 9.76. The van der Waals surface area contributed by atoms with Crippen LogP contribution in [0.5, 0.6) is 0 Å². The molecule has 166 valence electrons. The Morgan fingerprint density at radius 2 is 1.71 bits per heavy atom. The van der Waals surface area contributed by atoms with Crippen molar-refractivity contribution < 1.29 is 24.1 Å². The number of ether oxygens (including phenoxy) is 1. The van der Waals surface area contributed by atoms with E-state index in [4.69, 9.17) is 14.5 Å². The van der Waals surface area contributed by atoms with Gasteiger partial charge in [-0.2, -0.15) is 4.89 Å². The minimum absolute atomic E-state index is 0.200. The molecule has 6 heteroatoms. The number of aryl methyl sites for hydroxylation is 2. The van der Waals surface area contributed by atoms with E-state index in [1.165, 1.54) is 0 Å². The monoisotopic (exact) mass is 425 g/mol. The van der Waals surface area contributed by atoms with Crippen molar-refractivity contribution in [3.63, 3.8) is 0 Å². The van der Waals surface area contributed by atoms with E-state index < -0.39 is 29.1 Å². The zero-order chi connectivity index (χ0) is 22.8. The molecule has 0 fully saturated rings. The van der Waals surface area contributed by atoms with Crippen molar-refractivity contribution in [3.05, 3.63) is 70.3 Å². The topological polar surface area (TPSA) is 73.9 Å². The predicted octanol–water partition coefficient (Wildman–Crippen LogP) is 4.75. The SMILES string of the molecule is CCOC(=O)C1(NC(=O)OOC(C)(C)C)Cc2ccccc2C1c1c(C)cccc1C. The van der Waals surface area contributed by atoms with E-state index in [2.05, 4.69) is 5.32 Å². The number of benzene rings is 2. The Balaban J connectivity index is 2.13. The predicted molar refractivity (Wildman–Crippen MR) is 118 cm³/mol. The average Bonchev–Trinajstić information content (AvgIpc) is 3.01. The summed E-state index contributed by atoms with van der Waals surface area (Å²) < 4.78 is 5.49. The second kappa shape index (κ2) is 8.71. The van der Waals surface area contributed by atoms with Crippen LogP contribution in [0.4, 0.5) is 4.79 Å². The number of nitrogens with one attached hydrogen (secondary N) is 1. The van der Waals surface area contributed by atoms with E-state index in [9.17, 15) is 9.59 Å². The normalized spacial score (nSPS) is 20.1. The maximum absolute atomic E-state index is 13.4. The number of rotatable bonds is 5. The molecular formula is C25H31NO5. The molecule has 0 aliphatic heterocycles. The van der Waals surface area contributed by atoms with E-state index in [0.717, 1.165) is 27.8 Å². The van der Waals surface area contributed by atoms with Gasteiger partial charge in [0, 0.05) is 12.3 Å². The molecule has 1 aliphatic rings. The van der Waals surface area contributed by atoms with Gasteiger partial charge in [0.25, 0.3) is 0 Å². The molecule has 1 amide bonds. The minimum atomic E-state index is -1.35. The first-order valence-electron chi connectivity index (χ1n) is 10.6. The quantitative estimate of drug-likeness (QED) is 0.425. The number of fused-ring (bicyclic) bond motifs is 1. The minimum Gasteiger partial charge on any atom is -0.464 e. The molecule has 2 aromatic carbocycles. The Labute approximate surface area is 183 Å². The Morgan fingerprint density at radius 1 is 1.06 bits per heavy atom. The van der Waals surface area contributed by atoms with Gasteiger partial charge in [0.15, 0.2) is 5.54 Å². The summed E-state index contributed by atoms with van der Waals surface area (Å²) in [6.07, 6.45) is -0.530. The van der Waals surface area contributed by atoms with Gasteiger partial charge in [0.05, 0.1) is 6.61 Å². The fourth-order valence-electron chi connectivity index (χ4n) is 4.31. The summed E-state index contributed by atoms with van der Waals surface area (Å²) in [6.45, 7) is 11.3. The van der Waals surface area contributed by atoms with Crippen LogP contribution in [0.1, 0.15) is 61.4 Å². The van der Waals surface area contributed by atoms with E-state index in [0.29, 0.717) is 6.42 Å². The number of carbonyl (C=O) groups excluding carboxylic acids is 2. The highest BCUT2D eigenvalue weighted by Crippen LogP contribution is 2.47. The van der Waals surface area contributed by atoms with Crippen molar-refractivity contribution in [2.75, 3.05) is 6.61 Å². The van der Waals surface area contributed by atoms with Crippen molar-refractivity contribution in [1.82, 2.24) is 5.32 Å². The molecule has 0 heterocycles. The van der Waals surface area contributed by atoms with Gasteiger partial charge in [-0.1, -0.05) is 42.5 Å². The zero-order valence-corrected chi connectivity index (χ0v) is 19.1. The standard InChI is InChI=1S/C25H31NO5/c1-7-29-22(27)25(26-23(28)30-31-24(4,5)6)15-18-13-8-9-14-19(18)21(25)20-16(2)11-10-12-17(20)3/h8-14,21H,7,15H2,1-6H3,(H,26,28). The van der Waals surface area contributed by atoms with Crippen molar-refractivity contribution >= 4 is 12.1 Å². The van der Waals surface area contributed by atoms with Crippen molar-refractivity contribution in [2.45, 2.75) is 65.0 Å². The van der Waals surface area contributed by atoms with Gasteiger partial charge in [-0.3, -0.25) is 4.89 Å². The molecular weight excluding hydrogens is 394 g/mol. The summed E-state index contributed by atoms with van der Waals surface area (Å²) in [5.41, 5.74) is 3.02. The van der Waals surface area contributed by atoms with Gasteiger partial charge in [-0.05, 0) is 69.4 Å². The molecule has 0 saturated heterocycles. The number of amides is 1. The van der Waals surface area contributed by atoms with Crippen molar-refractivity contribution in [1.29, 1.82) is 0 Å². The third-order valence-electron chi connectivity index (χ3n) is 5.49. The second-order valence-electron chi connectivity index (χ2n) is 9.00. The smallest absolute Gasteiger partial charge is 0.439 e. The largest absolute Gasteiger partial charge is 0.464 e. The van der Waals surface area contributed by atoms with Crippen LogP contribution in [0.2, 0.25) is 0 Å². The number of carbonyl (C=O) groups is 2. The van der Waals surface area contributed by atoms with Crippen LogP contribution in [-0.2, 0) is 25.7 Å². The van der Waals surface area contributed by atoms with E-state index in [1.54, 1.807) is 27.7 Å². The van der Waals surface area contributed by atoms with Crippen LogP contribution in [0.25, 0.3) is 0 Å². The van der Waals surface area contributed by atoms with Crippen LogP contribution in [0, 0.1) is 13.8 Å². The molecule has 0 bridgehead atoms.